The predicted octanol–water partition coefficient (Wildman–Crippen LogP) is 1.38. The van der Waals surface area contributed by atoms with Gasteiger partial charge in [-0.05, 0) is 5.56 Å². The average molecular weight is 354 g/mol. The van der Waals surface area contributed by atoms with Crippen molar-refractivity contribution in [2.24, 2.45) is 0 Å². The standard InChI is InChI=1S/C16H16F2N2O5/c17-16(18)8-19(9-16)13(21)6-12-14(22)25-10-20(12)15(23)24-7-11-4-2-1-3-5-11/h1-5,12H,6-10H2/t12-/m0/s1. The zero-order chi connectivity index (χ0) is 18.0. The molecule has 0 aromatic heterocycles. The third-order valence-electron chi connectivity index (χ3n) is 4.00. The van der Waals surface area contributed by atoms with Crippen LogP contribution in [-0.2, 0) is 25.7 Å². The Morgan fingerprint density at radius 1 is 1.24 bits per heavy atom. The van der Waals surface area contributed by atoms with Crippen LogP contribution in [0, 0.1) is 0 Å². The molecule has 2 fully saturated rings. The zero-order valence-electron chi connectivity index (χ0n) is 13.2. The first-order valence-corrected chi connectivity index (χ1v) is 7.65. The molecule has 2 saturated heterocycles. The number of hydrogen-bond acceptors (Lipinski definition) is 5. The second-order valence-corrected chi connectivity index (χ2v) is 5.93. The van der Waals surface area contributed by atoms with Gasteiger partial charge in [-0.3, -0.25) is 9.69 Å². The number of nitrogens with zero attached hydrogens (tertiary/aromatic N) is 2. The second kappa shape index (κ2) is 6.66. The van der Waals surface area contributed by atoms with Gasteiger partial charge in [-0.2, -0.15) is 0 Å². The van der Waals surface area contributed by atoms with Gasteiger partial charge in [0.05, 0.1) is 19.5 Å². The molecule has 1 aromatic rings. The number of hydrogen-bond donors (Lipinski definition) is 0. The van der Waals surface area contributed by atoms with Crippen LogP contribution >= 0.6 is 0 Å². The highest BCUT2D eigenvalue weighted by Crippen LogP contribution is 2.28. The Morgan fingerprint density at radius 3 is 2.56 bits per heavy atom. The summed E-state index contributed by atoms with van der Waals surface area (Å²) in [6, 6.07) is 7.77. The highest BCUT2D eigenvalue weighted by molar-refractivity contribution is 5.89. The molecule has 0 radical (unpaired) electrons. The highest BCUT2D eigenvalue weighted by Gasteiger charge is 2.48. The van der Waals surface area contributed by atoms with Crippen LogP contribution in [-0.4, -0.2) is 59.6 Å². The van der Waals surface area contributed by atoms with E-state index in [4.69, 9.17) is 9.47 Å². The summed E-state index contributed by atoms with van der Waals surface area (Å²) in [7, 11) is 0. The van der Waals surface area contributed by atoms with E-state index in [1.165, 1.54) is 0 Å². The number of alkyl halides is 2. The molecule has 1 atom stereocenters. The Kier molecular flexibility index (Phi) is 4.56. The van der Waals surface area contributed by atoms with Crippen molar-refractivity contribution in [1.29, 1.82) is 0 Å². The predicted molar refractivity (Wildman–Crippen MR) is 79.4 cm³/mol. The Bertz CT molecular complexity index is 674. The number of likely N-dealkylation sites (tertiary alicyclic amines) is 1. The molecule has 2 aliphatic heterocycles. The molecule has 134 valence electrons. The van der Waals surface area contributed by atoms with Crippen LogP contribution in [0.4, 0.5) is 13.6 Å². The first-order chi connectivity index (χ1) is 11.9. The number of carbonyl (C=O) groups is 3. The van der Waals surface area contributed by atoms with Gasteiger partial charge in [0, 0.05) is 0 Å². The highest BCUT2D eigenvalue weighted by atomic mass is 19.3. The summed E-state index contributed by atoms with van der Waals surface area (Å²) in [6.45, 7) is -1.68. The van der Waals surface area contributed by atoms with Gasteiger partial charge in [0.2, 0.25) is 5.91 Å². The molecule has 3 rings (SSSR count). The maximum absolute atomic E-state index is 12.8. The third kappa shape index (κ3) is 3.86. The molecule has 0 bridgehead atoms. The number of rotatable bonds is 4. The van der Waals surface area contributed by atoms with E-state index in [-0.39, 0.29) is 13.3 Å². The molecule has 25 heavy (non-hydrogen) atoms. The zero-order valence-corrected chi connectivity index (χ0v) is 13.2. The Balaban J connectivity index is 1.55. The lowest BCUT2D eigenvalue weighted by Gasteiger charge is -2.39. The molecule has 0 N–H and O–H groups in total. The average Bonchev–Trinajstić information content (AvgIpc) is 2.92. The minimum atomic E-state index is -2.89. The molecule has 7 nitrogen and oxygen atoms in total. The van der Waals surface area contributed by atoms with Crippen molar-refractivity contribution in [2.75, 3.05) is 19.8 Å². The van der Waals surface area contributed by atoms with Crippen molar-refractivity contribution in [1.82, 2.24) is 9.80 Å². The van der Waals surface area contributed by atoms with Crippen LogP contribution in [0.2, 0.25) is 0 Å². The monoisotopic (exact) mass is 354 g/mol. The summed E-state index contributed by atoms with van der Waals surface area (Å²) < 4.78 is 35.6. The smallest absolute Gasteiger partial charge is 0.413 e. The van der Waals surface area contributed by atoms with Gasteiger partial charge in [0.25, 0.3) is 5.92 Å². The Hall–Kier alpha value is -2.71. The topological polar surface area (TPSA) is 76.1 Å². The van der Waals surface area contributed by atoms with Gasteiger partial charge >= 0.3 is 12.1 Å². The van der Waals surface area contributed by atoms with Crippen LogP contribution < -0.4 is 0 Å². The third-order valence-corrected chi connectivity index (χ3v) is 4.00. The maximum atomic E-state index is 12.8. The van der Waals surface area contributed by atoms with Crippen molar-refractivity contribution < 1.29 is 32.6 Å². The van der Waals surface area contributed by atoms with Crippen molar-refractivity contribution in [3.8, 4) is 0 Å². The molecule has 0 unspecified atom stereocenters. The van der Waals surface area contributed by atoms with E-state index in [1.807, 2.05) is 6.07 Å². The quantitative estimate of drug-likeness (QED) is 0.764. The number of ether oxygens (including phenoxy) is 2. The fraction of sp³-hybridized carbons (Fsp3) is 0.438. The summed E-state index contributed by atoms with van der Waals surface area (Å²) >= 11 is 0. The van der Waals surface area contributed by atoms with Crippen LogP contribution in [0.15, 0.2) is 30.3 Å². The summed E-state index contributed by atoms with van der Waals surface area (Å²) in [5, 5.41) is 0. The molecule has 9 heteroatoms. The van der Waals surface area contributed by atoms with E-state index in [1.54, 1.807) is 24.3 Å². The molecular formula is C16H16F2N2O5. The van der Waals surface area contributed by atoms with Gasteiger partial charge in [0.15, 0.2) is 6.73 Å². The Labute approximate surface area is 142 Å². The van der Waals surface area contributed by atoms with Gasteiger partial charge in [-0.1, -0.05) is 30.3 Å². The molecule has 2 aliphatic rings. The maximum Gasteiger partial charge on any atom is 0.413 e. The fourth-order valence-corrected chi connectivity index (χ4v) is 2.61. The summed E-state index contributed by atoms with van der Waals surface area (Å²) in [6.07, 6.45) is -1.21. The van der Waals surface area contributed by atoms with Crippen molar-refractivity contribution in [3.63, 3.8) is 0 Å². The number of benzene rings is 1. The normalized spacial score (nSPS) is 21.5. The number of amides is 2. The molecular weight excluding hydrogens is 338 g/mol. The van der Waals surface area contributed by atoms with Crippen LogP contribution in [0.25, 0.3) is 0 Å². The number of halogens is 2. The van der Waals surface area contributed by atoms with Crippen LogP contribution in [0.3, 0.4) is 0 Å². The first-order valence-electron chi connectivity index (χ1n) is 7.65. The summed E-state index contributed by atoms with van der Waals surface area (Å²) in [5.74, 6) is -4.27. The van der Waals surface area contributed by atoms with Crippen LogP contribution in [0.5, 0.6) is 0 Å². The van der Waals surface area contributed by atoms with Crippen molar-refractivity contribution in [2.45, 2.75) is 25.0 Å². The molecule has 0 spiro atoms. The lowest BCUT2D eigenvalue weighted by atomic mass is 10.1. The molecule has 2 heterocycles. The number of cyclic esters (lactones) is 1. The Morgan fingerprint density at radius 2 is 1.92 bits per heavy atom. The first kappa shape index (κ1) is 17.1. The van der Waals surface area contributed by atoms with Gasteiger partial charge in [0.1, 0.15) is 12.6 Å². The largest absolute Gasteiger partial charge is 0.444 e. The minimum absolute atomic E-state index is 0.00335. The number of esters is 1. The second-order valence-electron chi connectivity index (χ2n) is 5.93. The fourth-order valence-electron chi connectivity index (χ4n) is 2.61. The van der Waals surface area contributed by atoms with Gasteiger partial charge in [-0.25, -0.2) is 18.4 Å². The van der Waals surface area contributed by atoms with E-state index in [0.717, 1.165) is 15.4 Å². The van der Waals surface area contributed by atoms with E-state index in [0.29, 0.717) is 0 Å². The molecule has 0 aliphatic carbocycles. The molecule has 2 amide bonds. The van der Waals surface area contributed by atoms with E-state index < -0.39 is 49.4 Å². The molecule has 1 aromatic carbocycles. The SMILES string of the molecule is O=C1OCN(C(=O)OCc2ccccc2)[C@H]1CC(=O)N1CC(F)(F)C1. The van der Waals surface area contributed by atoms with E-state index in [9.17, 15) is 23.2 Å². The van der Waals surface area contributed by atoms with Crippen molar-refractivity contribution in [3.05, 3.63) is 35.9 Å². The summed E-state index contributed by atoms with van der Waals surface area (Å²) in [4.78, 5) is 37.8. The van der Waals surface area contributed by atoms with E-state index >= 15 is 0 Å². The minimum Gasteiger partial charge on any atom is -0.444 e. The summed E-state index contributed by atoms with van der Waals surface area (Å²) in [5.41, 5.74) is 0.762. The van der Waals surface area contributed by atoms with E-state index in [2.05, 4.69) is 0 Å². The van der Waals surface area contributed by atoms with Gasteiger partial charge in [-0.15, -0.1) is 0 Å². The molecule has 0 saturated carbocycles. The lowest BCUT2D eigenvalue weighted by Crippen LogP contribution is -2.59. The van der Waals surface area contributed by atoms with Crippen LogP contribution in [0.1, 0.15) is 12.0 Å². The number of carbonyl (C=O) groups excluding carboxylic acids is 3. The van der Waals surface area contributed by atoms with Gasteiger partial charge < -0.3 is 14.4 Å². The lowest BCUT2D eigenvalue weighted by molar-refractivity contribution is -0.167. The van der Waals surface area contributed by atoms with Crippen molar-refractivity contribution >= 4 is 18.0 Å².